The van der Waals surface area contributed by atoms with E-state index < -0.39 is 5.82 Å². The van der Waals surface area contributed by atoms with Crippen molar-refractivity contribution in [3.8, 4) is 22.6 Å². The van der Waals surface area contributed by atoms with E-state index in [9.17, 15) is 14.3 Å². The van der Waals surface area contributed by atoms with E-state index in [2.05, 4.69) is 0 Å². The second-order valence-corrected chi connectivity index (χ2v) is 6.81. The molecule has 0 heterocycles. The number of ether oxygens (including phenoxy) is 1. The predicted molar refractivity (Wildman–Crippen MR) is 98.6 cm³/mol. The van der Waals surface area contributed by atoms with Crippen LogP contribution in [0.5, 0.6) is 11.5 Å². The highest BCUT2D eigenvalue weighted by molar-refractivity contribution is 5.78. The number of carbonyl (C=O) groups excluding carboxylic acids is 1. The molecule has 2 aromatic rings. The Morgan fingerprint density at radius 1 is 1.15 bits per heavy atom. The molecule has 1 aliphatic carbocycles. The zero-order valence-corrected chi connectivity index (χ0v) is 15.0. The van der Waals surface area contributed by atoms with Gasteiger partial charge in [-0.3, -0.25) is 4.79 Å². The molecule has 0 radical (unpaired) electrons. The van der Waals surface area contributed by atoms with Crippen molar-refractivity contribution in [2.24, 2.45) is 0 Å². The van der Waals surface area contributed by atoms with Crippen molar-refractivity contribution in [2.75, 3.05) is 13.7 Å². The van der Waals surface area contributed by atoms with E-state index in [-0.39, 0.29) is 24.3 Å². The molecule has 0 unspecified atom stereocenters. The van der Waals surface area contributed by atoms with Crippen LogP contribution in [0.1, 0.15) is 32.1 Å². The first-order valence-corrected chi connectivity index (χ1v) is 9.01. The van der Waals surface area contributed by atoms with Crippen LogP contribution in [0.3, 0.4) is 0 Å². The third-order valence-corrected chi connectivity index (χ3v) is 4.93. The van der Waals surface area contributed by atoms with E-state index in [1.165, 1.54) is 18.6 Å². The molecule has 0 bridgehead atoms. The van der Waals surface area contributed by atoms with E-state index in [1.807, 2.05) is 7.05 Å². The zero-order chi connectivity index (χ0) is 18.5. The first kappa shape index (κ1) is 18.2. The van der Waals surface area contributed by atoms with Gasteiger partial charge < -0.3 is 14.7 Å². The minimum atomic E-state index is -0.450. The summed E-state index contributed by atoms with van der Waals surface area (Å²) >= 11 is 0. The second-order valence-electron chi connectivity index (χ2n) is 6.81. The molecule has 1 fully saturated rings. The molecular weight excluding hydrogens is 333 g/mol. The van der Waals surface area contributed by atoms with Crippen LogP contribution >= 0.6 is 0 Å². The Bertz CT molecular complexity index is 772. The van der Waals surface area contributed by atoms with Gasteiger partial charge in [0.05, 0.1) is 0 Å². The van der Waals surface area contributed by atoms with Gasteiger partial charge in [-0.1, -0.05) is 31.4 Å². The number of aromatic hydroxyl groups is 1. The average Bonchev–Trinajstić information content (AvgIpc) is 2.66. The lowest BCUT2D eigenvalue weighted by molar-refractivity contribution is -0.134. The number of halogens is 1. The summed E-state index contributed by atoms with van der Waals surface area (Å²) in [5.41, 5.74) is 1.27. The van der Waals surface area contributed by atoms with Crippen LogP contribution in [0.4, 0.5) is 4.39 Å². The Morgan fingerprint density at radius 3 is 2.65 bits per heavy atom. The predicted octanol–water partition coefficient (Wildman–Crippen LogP) is 4.37. The van der Waals surface area contributed by atoms with Crippen molar-refractivity contribution in [1.29, 1.82) is 0 Å². The topological polar surface area (TPSA) is 49.8 Å². The summed E-state index contributed by atoms with van der Waals surface area (Å²) < 4.78 is 19.5. The number of hydrogen-bond donors (Lipinski definition) is 1. The maximum atomic E-state index is 13.9. The Balaban J connectivity index is 1.67. The van der Waals surface area contributed by atoms with Crippen molar-refractivity contribution in [1.82, 2.24) is 4.90 Å². The normalized spacial score (nSPS) is 14.8. The summed E-state index contributed by atoms with van der Waals surface area (Å²) in [4.78, 5) is 14.1. The molecule has 1 saturated carbocycles. The number of phenolic OH excluding ortho intramolecular Hbond substituents is 1. The fourth-order valence-electron chi connectivity index (χ4n) is 3.42. The van der Waals surface area contributed by atoms with E-state index >= 15 is 0 Å². The number of amides is 1. The Kier molecular flexibility index (Phi) is 5.76. The van der Waals surface area contributed by atoms with Gasteiger partial charge in [0.25, 0.3) is 5.91 Å². The quantitative estimate of drug-likeness (QED) is 0.864. The van der Waals surface area contributed by atoms with Crippen molar-refractivity contribution in [3.05, 3.63) is 48.3 Å². The zero-order valence-electron chi connectivity index (χ0n) is 15.0. The molecule has 5 heteroatoms. The lowest BCUT2D eigenvalue weighted by Gasteiger charge is -2.31. The largest absolute Gasteiger partial charge is 0.508 e. The number of benzene rings is 2. The highest BCUT2D eigenvalue weighted by Gasteiger charge is 2.22. The fraction of sp³-hybridized carbons (Fsp3) is 0.381. The van der Waals surface area contributed by atoms with Crippen LogP contribution < -0.4 is 4.74 Å². The van der Waals surface area contributed by atoms with Gasteiger partial charge in [0.1, 0.15) is 17.3 Å². The van der Waals surface area contributed by atoms with Crippen LogP contribution in [0.15, 0.2) is 42.5 Å². The number of nitrogens with zero attached hydrogens (tertiary/aromatic N) is 1. The summed E-state index contributed by atoms with van der Waals surface area (Å²) in [6, 6.07) is 11.2. The Hall–Kier alpha value is -2.56. The summed E-state index contributed by atoms with van der Waals surface area (Å²) in [6.07, 6.45) is 5.60. The summed E-state index contributed by atoms with van der Waals surface area (Å²) in [6.45, 7) is -0.115. The highest BCUT2D eigenvalue weighted by Crippen LogP contribution is 2.28. The van der Waals surface area contributed by atoms with Gasteiger partial charge in [-0.25, -0.2) is 4.39 Å². The summed E-state index contributed by atoms with van der Waals surface area (Å²) in [5.74, 6) is -0.138. The number of hydrogen-bond acceptors (Lipinski definition) is 3. The van der Waals surface area contributed by atoms with Crippen LogP contribution in [-0.4, -0.2) is 35.6 Å². The average molecular weight is 357 g/mol. The van der Waals surface area contributed by atoms with Crippen LogP contribution in [0.25, 0.3) is 11.1 Å². The number of carbonyl (C=O) groups is 1. The summed E-state index contributed by atoms with van der Waals surface area (Å²) in [5, 5.41) is 9.60. The van der Waals surface area contributed by atoms with E-state index in [1.54, 1.807) is 35.2 Å². The molecule has 4 nitrogen and oxygen atoms in total. The van der Waals surface area contributed by atoms with Crippen molar-refractivity contribution in [3.63, 3.8) is 0 Å². The number of rotatable bonds is 5. The molecule has 0 atom stereocenters. The van der Waals surface area contributed by atoms with Gasteiger partial charge >= 0.3 is 0 Å². The molecule has 3 rings (SSSR count). The van der Waals surface area contributed by atoms with E-state index in [0.717, 1.165) is 25.7 Å². The molecule has 2 aromatic carbocycles. The van der Waals surface area contributed by atoms with Gasteiger partial charge in [0.2, 0.25) is 0 Å². The number of likely N-dealkylation sites (N-methyl/N-ethyl adjacent to an activating group) is 1. The summed E-state index contributed by atoms with van der Waals surface area (Å²) in [7, 11) is 1.81. The molecule has 138 valence electrons. The standard InChI is InChI=1S/C21H24FNO3/c1-23(18-7-3-2-4-8-18)21(25)14-26-20-12-16(10-17(22)13-20)15-6-5-9-19(24)11-15/h5-6,9-13,18,24H,2-4,7-8,14H2,1H3. The maximum Gasteiger partial charge on any atom is 0.260 e. The SMILES string of the molecule is CN(C(=O)COc1cc(F)cc(-c2cccc(O)c2)c1)C1CCCCC1. The van der Waals surface area contributed by atoms with Gasteiger partial charge in [-0.15, -0.1) is 0 Å². The smallest absolute Gasteiger partial charge is 0.260 e. The third kappa shape index (κ3) is 4.54. The van der Waals surface area contributed by atoms with Gasteiger partial charge in [-0.2, -0.15) is 0 Å². The maximum absolute atomic E-state index is 13.9. The molecule has 1 amide bonds. The first-order valence-electron chi connectivity index (χ1n) is 9.01. The van der Waals surface area contributed by atoms with Crippen molar-refractivity contribution < 1.29 is 19.0 Å². The van der Waals surface area contributed by atoms with Crippen molar-refractivity contribution >= 4 is 5.91 Å². The molecule has 0 spiro atoms. The first-order chi connectivity index (χ1) is 12.5. The second kappa shape index (κ2) is 8.21. The fourth-order valence-corrected chi connectivity index (χ4v) is 3.42. The Morgan fingerprint density at radius 2 is 1.92 bits per heavy atom. The minimum absolute atomic E-state index is 0.0972. The van der Waals surface area contributed by atoms with E-state index in [4.69, 9.17) is 4.74 Å². The van der Waals surface area contributed by atoms with Crippen LogP contribution in [0.2, 0.25) is 0 Å². The molecule has 1 N–H and O–H groups in total. The Labute approximate surface area is 153 Å². The molecular formula is C21H24FNO3. The van der Waals surface area contributed by atoms with Gasteiger partial charge in [0.15, 0.2) is 6.61 Å². The molecule has 0 saturated heterocycles. The van der Waals surface area contributed by atoms with Gasteiger partial charge in [-0.05, 0) is 48.2 Å². The highest BCUT2D eigenvalue weighted by atomic mass is 19.1. The molecule has 1 aliphatic rings. The van der Waals surface area contributed by atoms with E-state index in [0.29, 0.717) is 16.9 Å². The lowest BCUT2D eigenvalue weighted by atomic mass is 9.94. The third-order valence-electron chi connectivity index (χ3n) is 4.93. The van der Waals surface area contributed by atoms with Crippen LogP contribution in [0, 0.1) is 5.82 Å². The van der Waals surface area contributed by atoms with Gasteiger partial charge in [0, 0.05) is 19.2 Å². The van der Waals surface area contributed by atoms with Crippen molar-refractivity contribution in [2.45, 2.75) is 38.1 Å². The molecule has 0 aromatic heterocycles. The molecule has 0 aliphatic heterocycles. The monoisotopic (exact) mass is 357 g/mol. The lowest BCUT2D eigenvalue weighted by Crippen LogP contribution is -2.40. The number of phenols is 1. The minimum Gasteiger partial charge on any atom is -0.508 e. The molecule has 26 heavy (non-hydrogen) atoms. The van der Waals surface area contributed by atoms with Crippen LogP contribution in [-0.2, 0) is 4.79 Å².